The lowest BCUT2D eigenvalue weighted by Crippen LogP contribution is -2.61. The number of Topliss-reactive ketones (excluding diaryl/α,β-unsaturated/α-hetero) is 1. The lowest BCUT2D eigenvalue weighted by molar-refractivity contribution is -0.143. The summed E-state index contributed by atoms with van der Waals surface area (Å²) in [5, 5.41) is 8.24. The Bertz CT molecular complexity index is 1720. The van der Waals surface area contributed by atoms with Gasteiger partial charge < -0.3 is 36.2 Å². The van der Waals surface area contributed by atoms with Crippen molar-refractivity contribution in [2.24, 2.45) is 22.5 Å². The Balaban J connectivity index is 1.57. The first-order chi connectivity index (χ1) is 24.9. The number of likely N-dealkylation sites (N-methyl/N-ethyl adjacent to an activating group) is 1. The molecule has 2 fully saturated rings. The number of ketones is 1. The van der Waals surface area contributed by atoms with Crippen molar-refractivity contribution in [3.8, 4) is 0 Å². The van der Waals surface area contributed by atoms with E-state index in [0.29, 0.717) is 19.5 Å². The van der Waals surface area contributed by atoms with Crippen molar-refractivity contribution in [3.05, 3.63) is 35.4 Å². The third-order valence-corrected chi connectivity index (χ3v) is 11.7. The summed E-state index contributed by atoms with van der Waals surface area (Å²) in [5.74, 6) is -3.34. The number of likely N-dealkylation sites (tertiary alicyclic amines) is 1. The number of primary amides is 1. The predicted octanol–water partition coefficient (Wildman–Crippen LogP) is 1.51. The smallest absolute Gasteiger partial charge is 0.410 e. The minimum absolute atomic E-state index is 0.0278. The highest BCUT2D eigenvalue weighted by atomic mass is 32.2. The van der Waals surface area contributed by atoms with Crippen molar-refractivity contribution >= 4 is 45.7 Å². The number of carbonyl (C=O) groups excluding carboxylic acids is 6. The Morgan fingerprint density at radius 1 is 0.963 bits per heavy atom. The molecule has 17 heteroatoms. The van der Waals surface area contributed by atoms with Gasteiger partial charge in [-0.2, -0.15) is 0 Å². The molecule has 1 aromatic rings. The second-order valence-electron chi connectivity index (χ2n) is 17.0. The van der Waals surface area contributed by atoms with Crippen LogP contribution in [-0.2, 0) is 46.9 Å². The van der Waals surface area contributed by atoms with Crippen LogP contribution in [0.25, 0.3) is 0 Å². The van der Waals surface area contributed by atoms with Crippen LogP contribution in [0.4, 0.5) is 9.59 Å². The number of nitrogens with two attached hydrogens (primary N) is 1. The molecule has 54 heavy (non-hydrogen) atoms. The van der Waals surface area contributed by atoms with E-state index in [-0.39, 0.29) is 31.8 Å². The molecule has 0 radical (unpaired) electrons. The largest absolute Gasteiger partial charge is 0.444 e. The number of nitrogens with zero attached hydrogens (tertiary/aromatic N) is 3. The van der Waals surface area contributed by atoms with E-state index < -0.39 is 86.8 Å². The van der Waals surface area contributed by atoms with E-state index in [1.807, 2.05) is 45.0 Å². The van der Waals surface area contributed by atoms with E-state index in [4.69, 9.17) is 10.5 Å². The summed E-state index contributed by atoms with van der Waals surface area (Å²) in [5.41, 5.74) is 5.97. The van der Waals surface area contributed by atoms with Crippen LogP contribution >= 0.6 is 0 Å². The Morgan fingerprint density at radius 2 is 1.59 bits per heavy atom. The number of ether oxygens (including phenoxy) is 1. The summed E-state index contributed by atoms with van der Waals surface area (Å²) < 4.78 is 31.4. The number of carbonyl (C=O) groups is 6. The third kappa shape index (κ3) is 11.1. The van der Waals surface area contributed by atoms with Crippen LogP contribution < -0.4 is 21.7 Å². The van der Waals surface area contributed by atoms with E-state index in [9.17, 15) is 37.2 Å². The molecular formula is C37H57N7O9S. The highest BCUT2D eigenvalue weighted by Crippen LogP contribution is 2.34. The first kappa shape index (κ1) is 42.5. The second-order valence-corrected chi connectivity index (χ2v) is 19.1. The third-order valence-electron chi connectivity index (χ3n) is 10.4. The Kier molecular flexibility index (Phi) is 13.1. The zero-order valence-corrected chi connectivity index (χ0v) is 33.5. The van der Waals surface area contributed by atoms with Crippen LogP contribution in [-0.4, -0.2) is 121 Å². The number of sulfonamides is 1. The number of nitrogens with one attached hydrogen (secondary N) is 3. The standard InChI is InChI=1S/C37H57N7O9S/c1-36(2,3)28(21-42(7)54(8,51)52)40-34(49)41-30(37(4,5)6)33(48)44-20-25(53-35(50)43-16-15-23-11-9-10-12-24(23)19-43)18-27(44)32(47)39-26(17-22-13-14-22)29(45)31(38)46/h9-12,22,25-28,30H,13-21H2,1-8H3,(H2,38,46)(H,39,47)(H2,40,41,49)/t25?,26?,27?,28-,30-/m1/s1. The van der Waals surface area contributed by atoms with Crippen LogP contribution in [0.15, 0.2) is 24.3 Å². The molecule has 0 aromatic heterocycles. The summed E-state index contributed by atoms with van der Waals surface area (Å²) in [6.45, 7) is 11.3. The molecule has 3 unspecified atom stereocenters. The monoisotopic (exact) mass is 775 g/mol. The Hall–Kier alpha value is -4.25. The molecule has 3 aliphatic rings. The molecule has 1 aromatic carbocycles. The van der Waals surface area contributed by atoms with Gasteiger partial charge in [0.15, 0.2) is 0 Å². The summed E-state index contributed by atoms with van der Waals surface area (Å²) in [6, 6.07) is 2.80. The fourth-order valence-electron chi connectivity index (χ4n) is 6.68. The molecule has 1 saturated heterocycles. The van der Waals surface area contributed by atoms with Gasteiger partial charge in [-0.3, -0.25) is 19.2 Å². The fourth-order valence-corrected chi connectivity index (χ4v) is 7.10. The van der Waals surface area contributed by atoms with Gasteiger partial charge in [0.25, 0.3) is 5.91 Å². The van der Waals surface area contributed by atoms with E-state index >= 15 is 0 Å². The van der Waals surface area contributed by atoms with E-state index in [2.05, 4.69) is 16.0 Å². The molecule has 5 atom stereocenters. The lowest BCUT2D eigenvalue weighted by atomic mass is 9.85. The molecule has 2 aliphatic heterocycles. The molecule has 0 spiro atoms. The van der Waals surface area contributed by atoms with E-state index in [1.165, 1.54) is 11.9 Å². The molecule has 0 bridgehead atoms. The average molecular weight is 776 g/mol. The predicted molar refractivity (Wildman–Crippen MR) is 200 cm³/mol. The maximum Gasteiger partial charge on any atom is 0.410 e. The molecular weight excluding hydrogens is 719 g/mol. The number of fused-ring (bicyclic) bond motifs is 1. The maximum absolute atomic E-state index is 14.5. The highest BCUT2D eigenvalue weighted by Gasteiger charge is 2.47. The van der Waals surface area contributed by atoms with Gasteiger partial charge in [0, 0.05) is 39.1 Å². The van der Waals surface area contributed by atoms with Gasteiger partial charge in [-0.25, -0.2) is 22.3 Å². The molecule has 300 valence electrons. The van der Waals surface area contributed by atoms with Gasteiger partial charge in [-0.1, -0.05) is 78.6 Å². The van der Waals surface area contributed by atoms with Gasteiger partial charge in [-0.05, 0) is 40.7 Å². The number of hydrogen-bond acceptors (Lipinski definition) is 9. The van der Waals surface area contributed by atoms with Crippen LogP contribution in [0.1, 0.15) is 78.4 Å². The van der Waals surface area contributed by atoms with Crippen molar-refractivity contribution in [1.29, 1.82) is 0 Å². The van der Waals surface area contributed by atoms with Crippen molar-refractivity contribution < 1.29 is 41.9 Å². The van der Waals surface area contributed by atoms with Crippen LogP contribution in [0.2, 0.25) is 0 Å². The minimum Gasteiger partial charge on any atom is -0.444 e. The first-order valence-electron chi connectivity index (χ1n) is 18.4. The van der Waals surface area contributed by atoms with Crippen molar-refractivity contribution in [1.82, 2.24) is 30.1 Å². The number of amides is 6. The fraction of sp³-hybridized carbons (Fsp3) is 0.676. The van der Waals surface area contributed by atoms with Crippen molar-refractivity contribution in [3.63, 3.8) is 0 Å². The van der Waals surface area contributed by atoms with Crippen LogP contribution in [0.5, 0.6) is 0 Å². The number of hydrogen-bond donors (Lipinski definition) is 4. The van der Waals surface area contributed by atoms with Gasteiger partial charge in [0.1, 0.15) is 18.2 Å². The minimum atomic E-state index is -3.56. The van der Waals surface area contributed by atoms with Crippen LogP contribution in [0.3, 0.4) is 0 Å². The van der Waals surface area contributed by atoms with Crippen molar-refractivity contribution in [2.75, 3.05) is 32.9 Å². The quantitative estimate of drug-likeness (QED) is 0.213. The summed E-state index contributed by atoms with van der Waals surface area (Å²) in [6.07, 6.45) is 2.01. The molecule has 16 nitrogen and oxygen atoms in total. The Labute approximate surface area is 318 Å². The van der Waals surface area contributed by atoms with E-state index in [0.717, 1.165) is 34.5 Å². The SMILES string of the molecule is CN(C[C@@H](NC(=O)N[C@H](C(=O)N1CC(OC(=O)N2CCc3ccccc3C2)CC1C(=O)NC(CC1CC1)C(=O)C(N)=O)C(C)(C)C)C(C)(C)C)S(C)(=O)=O. The van der Waals surface area contributed by atoms with Gasteiger partial charge in [0.05, 0.1) is 18.8 Å². The average Bonchev–Trinajstić information content (AvgIpc) is 3.79. The second kappa shape index (κ2) is 16.6. The molecule has 6 amide bonds. The molecule has 1 aliphatic carbocycles. The number of rotatable bonds is 13. The van der Waals surface area contributed by atoms with Crippen LogP contribution in [0, 0.1) is 16.7 Å². The topological polar surface area (TPSA) is 218 Å². The number of urea groups is 1. The Morgan fingerprint density at radius 3 is 2.15 bits per heavy atom. The van der Waals surface area contributed by atoms with E-state index in [1.54, 1.807) is 25.7 Å². The summed E-state index contributed by atoms with van der Waals surface area (Å²) in [4.78, 5) is 83.0. The number of benzene rings is 1. The molecule has 1 saturated carbocycles. The first-order valence-corrected chi connectivity index (χ1v) is 20.3. The van der Waals surface area contributed by atoms with Crippen molar-refractivity contribution in [2.45, 2.75) is 110 Å². The lowest BCUT2D eigenvalue weighted by Gasteiger charge is -2.37. The zero-order chi connectivity index (χ0) is 40.3. The van der Waals surface area contributed by atoms with Gasteiger partial charge in [0.2, 0.25) is 27.6 Å². The normalized spacial score (nSPS) is 20.7. The summed E-state index contributed by atoms with van der Waals surface area (Å²) >= 11 is 0. The van der Waals surface area contributed by atoms with Gasteiger partial charge in [-0.15, -0.1) is 0 Å². The molecule has 4 rings (SSSR count). The maximum atomic E-state index is 14.5. The zero-order valence-electron chi connectivity index (χ0n) is 32.6. The molecule has 2 heterocycles. The molecule has 5 N–H and O–H groups in total. The summed E-state index contributed by atoms with van der Waals surface area (Å²) in [7, 11) is -2.15. The van der Waals surface area contributed by atoms with Gasteiger partial charge >= 0.3 is 12.1 Å². The highest BCUT2D eigenvalue weighted by molar-refractivity contribution is 7.88.